The van der Waals surface area contributed by atoms with Gasteiger partial charge in [-0.05, 0) is 28.1 Å². The zero-order chi connectivity index (χ0) is 12.1. The van der Waals surface area contributed by atoms with Crippen molar-refractivity contribution in [3.63, 3.8) is 0 Å². The molecule has 0 aromatic carbocycles. The van der Waals surface area contributed by atoms with Crippen molar-refractivity contribution in [3.8, 4) is 0 Å². The van der Waals surface area contributed by atoms with E-state index < -0.39 is 18.2 Å². The third kappa shape index (κ3) is 3.55. The van der Waals surface area contributed by atoms with Crippen molar-refractivity contribution in [3.05, 3.63) is 28.5 Å². The molecule has 0 spiro atoms. The number of hydrogen-bond acceptors (Lipinski definition) is 5. The number of esters is 1. The van der Waals surface area contributed by atoms with Crippen LogP contribution in [0.4, 0.5) is 0 Å². The van der Waals surface area contributed by atoms with Crippen molar-refractivity contribution >= 4 is 21.9 Å². The topological polar surface area (TPSA) is 79.7 Å². The summed E-state index contributed by atoms with van der Waals surface area (Å²) in [5, 5.41) is 19.2. The van der Waals surface area contributed by atoms with Gasteiger partial charge in [-0.3, -0.25) is 9.78 Å². The molecule has 0 bridgehead atoms. The first kappa shape index (κ1) is 13.1. The second-order valence-corrected chi connectivity index (χ2v) is 4.11. The van der Waals surface area contributed by atoms with E-state index in [-0.39, 0.29) is 6.42 Å². The van der Waals surface area contributed by atoms with Gasteiger partial charge in [-0.15, -0.1) is 0 Å². The van der Waals surface area contributed by atoms with Crippen LogP contribution in [0.5, 0.6) is 0 Å². The lowest BCUT2D eigenvalue weighted by Gasteiger charge is -2.16. The summed E-state index contributed by atoms with van der Waals surface area (Å²) in [6.45, 7) is 0. The highest BCUT2D eigenvalue weighted by atomic mass is 79.9. The molecule has 2 atom stereocenters. The highest BCUT2D eigenvalue weighted by Gasteiger charge is 2.22. The fourth-order valence-electron chi connectivity index (χ4n) is 1.13. The zero-order valence-corrected chi connectivity index (χ0v) is 10.2. The van der Waals surface area contributed by atoms with Gasteiger partial charge in [-0.25, -0.2) is 0 Å². The lowest BCUT2D eigenvalue weighted by Crippen LogP contribution is -2.23. The molecule has 16 heavy (non-hydrogen) atoms. The fourth-order valence-corrected chi connectivity index (χ4v) is 1.36. The predicted octanol–water partition coefficient (Wildman–Crippen LogP) is 0.801. The van der Waals surface area contributed by atoms with Gasteiger partial charge in [0, 0.05) is 10.7 Å². The first-order chi connectivity index (χ1) is 7.54. The number of aromatic nitrogens is 1. The maximum absolute atomic E-state index is 10.9. The van der Waals surface area contributed by atoms with Crippen LogP contribution in [-0.2, 0) is 9.53 Å². The highest BCUT2D eigenvalue weighted by Crippen LogP contribution is 2.18. The van der Waals surface area contributed by atoms with Crippen molar-refractivity contribution in [1.29, 1.82) is 0 Å². The van der Waals surface area contributed by atoms with Gasteiger partial charge in [0.2, 0.25) is 0 Å². The highest BCUT2D eigenvalue weighted by molar-refractivity contribution is 9.10. The van der Waals surface area contributed by atoms with Crippen LogP contribution in [0.15, 0.2) is 22.8 Å². The third-order valence-corrected chi connectivity index (χ3v) is 2.49. The SMILES string of the molecule is COC(=O)CC(O)C(O)c1ccc(Br)cn1. The fraction of sp³-hybridized carbons (Fsp3) is 0.400. The largest absolute Gasteiger partial charge is 0.469 e. The first-order valence-corrected chi connectivity index (χ1v) is 5.38. The van der Waals surface area contributed by atoms with E-state index in [1.165, 1.54) is 13.3 Å². The molecule has 6 heteroatoms. The Morgan fingerprint density at radius 2 is 2.25 bits per heavy atom. The molecule has 1 aromatic heterocycles. The van der Waals surface area contributed by atoms with Crippen molar-refractivity contribution in [2.75, 3.05) is 7.11 Å². The minimum absolute atomic E-state index is 0.268. The van der Waals surface area contributed by atoms with Crippen LogP contribution in [0.2, 0.25) is 0 Å². The Bertz CT molecular complexity index is 354. The van der Waals surface area contributed by atoms with Gasteiger partial charge in [-0.2, -0.15) is 0 Å². The molecule has 1 rings (SSSR count). The molecule has 5 nitrogen and oxygen atoms in total. The summed E-state index contributed by atoms with van der Waals surface area (Å²) in [5.41, 5.74) is 0.305. The number of aliphatic hydroxyl groups excluding tert-OH is 2. The first-order valence-electron chi connectivity index (χ1n) is 4.59. The van der Waals surface area contributed by atoms with Gasteiger partial charge in [0.15, 0.2) is 0 Å². The second kappa shape index (κ2) is 5.93. The lowest BCUT2D eigenvalue weighted by molar-refractivity contribution is -0.144. The Kier molecular flexibility index (Phi) is 4.85. The van der Waals surface area contributed by atoms with Crippen LogP contribution in [0, 0.1) is 0 Å². The maximum Gasteiger partial charge on any atom is 0.308 e. The number of aliphatic hydroxyl groups is 2. The molecule has 2 unspecified atom stereocenters. The normalized spacial score (nSPS) is 14.2. The summed E-state index contributed by atoms with van der Waals surface area (Å²) >= 11 is 3.20. The molecular weight excluding hydrogens is 278 g/mol. The Morgan fingerprint density at radius 3 is 2.75 bits per heavy atom. The number of rotatable bonds is 4. The molecule has 0 aliphatic heterocycles. The van der Waals surface area contributed by atoms with E-state index >= 15 is 0 Å². The van der Waals surface area contributed by atoms with Crippen molar-refractivity contribution in [2.45, 2.75) is 18.6 Å². The lowest BCUT2D eigenvalue weighted by atomic mass is 10.1. The van der Waals surface area contributed by atoms with E-state index in [1.54, 1.807) is 12.1 Å². The minimum atomic E-state index is -1.22. The van der Waals surface area contributed by atoms with E-state index in [0.29, 0.717) is 5.69 Å². The number of nitrogens with zero attached hydrogens (tertiary/aromatic N) is 1. The Labute approximate surface area is 101 Å². The van der Waals surface area contributed by atoms with E-state index in [4.69, 9.17) is 0 Å². The monoisotopic (exact) mass is 289 g/mol. The molecule has 88 valence electrons. The molecule has 0 saturated carbocycles. The van der Waals surface area contributed by atoms with Crippen LogP contribution in [0.25, 0.3) is 0 Å². The Balaban J connectivity index is 2.66. The van der Waals surface area contributed by atoms with Crippen molar-refractivity contribution in [1.82, 2.24) is 4.98 Å². The van der Waals surface area contributed by atoms with Crippen LogP contribution in [-0.4, -0.2) is 34.4 Å². The number of hydrogen-bond donors (Lipinski definition) is 2. The molecule has 0 saturated heterocycles. The quantitative estimate of drug-likeness (QED) is 0.802. The molecule has 1 aromatic rings. The maximum atomic E-state index is 10.9. The molecule has 1 heterocycles. The number of carbonyl (C=O) groups excluding carboxylic acids is 1. The van der Waals surface area contributed by atoms with Gasteiger partial charge in [-0.1, -0.05) is 0 Å². The van der Waals surface area contributed by atoms with Gasteiger partial charge < -0.3 is 14.9 Å². The zero-order valence-electron chi connectivity index (χ0n) is 8.63. The Hall–Kier alpha value is -0.980. The van der Waals surface area contributed by atoms with E-state index in [1.807, 2.05) is 0 Å². The van der Waals surface area contributed by atoms with E-state index in [0.717, 1.165) is 4.47 Å². The number of methoxy groups -OCH3 is 1. The van der Waals surface area contributed by atoms with Crippen LogP contribution in [0.1, 0.15) is 18.2 Å². The average Bonchev–Trinajstić information content (AvgIpc) is 2.28. The van der Waals surface area contributed by atoms with Gasteiger partial charge >= 0.3 is 5.97 Å². The average molecular weight is 290 g/mol. The number of pyridine rings is 1. The molecule has 0 aliphatic rings. The Morgan fingerprint density at radius 1 is 1.56 bits per heavy atom. The van der Waals surface area contributed by atoms with Crippen LogP contribution in [0.3, 0.4) is 0 Å². The molecule has 0 amide bonds. The summed E-state index contributed by atoms with van der Waals surface area (Å²) < 4.78 is 5.16. The van der Waals surface area contributed by atoms with Crippen LogP contribution < -0.4 is 0 Å². The molecule has 2 N–H and O–H groups in total. The summed E-state index contributed by atoms with van der Waals surface area (Å²) in [5.74, 6) is -0.580. The van der Waals surface area contributed by atoms with Gasteiger partial charge in [0.25, 0.3) is 0 Å². The summed E-state index contributed by atoms with van der Waals surface area (Å²) in [6, 6.07) is 3.26. The van der Waals surface area contributed by atoms with Gasteiger partial charge in [0.1, 0.15) is 6.10 Å². The van der Waals surface area contributed by atoms with Crippen molar-refractivity contribution < 1.29 is 19.7 Å². The summed E-state index contributed by atoms with van der Waals surface area (Å²) in [6.07, 6.45) is -1.19. The standard InChI is InChI=1S/C10H12BrNO4/c1-16-9(14)4-8(13)10(15)7-3-2-6(11)5-12-7/h2-3,5,8,10,13,15H,4H2,1H3. The molecular formula is C10H12BrNO4. The summed E-state index contributed by atoms with van der Waals surface area (Å²) in [4.78, 5) is 14.8. The van der Waals surface area contributed by atoms with Crippen LogP contribution >= 0.6 is 15.9 Å². The van der Waals surface area contributed by atoms with E-state index in [9.17, 15) is 15.0 Å². The van der Waals surface area contributed by atoms with Gasteiger partial charge in [0.05, 0.1) is 25.3 Å². The van der Waals surface area contributed by atoms with Crippen molar-refractivity contribution in [2.24, 2.45) is 0 Å². The number of carbonyl (C=O) groups is 1. The smallest absolute Gasteiger partial charge is 0.308 e. The minimum Gasteiger partial charge on any atom is -0.469 e. The third-order valence-electron chi connectivity index (χ3n) is 2.02. The second-order valence-electron chi connectivity index (χ2n) is 3.19. The molecule has 0 aliphatic carbocycles. The summed E-state index contributed by atoms with van der Waals surface area (Å²) in [7, 11) is 1.22. The predicted molar refractivity (Wildman–Crippen MR) is 59.5 cm³/mol. The number of halogens is 1. The molecule has 0 fully saturated rings. The molecule has 0 radical (unpaired) electrons. The van der Waals surface area contributed by atoms with E-state index in [2.05, 4.69) is 25.7 Å². The number of ether oxygens (including phenoxy) is 1.